The van der Waals surface area contributed by atoms with Gasteiger partial charge in [-0.25, -0.2) is 4.99 Å². The van der Waals surface area contributed by atoms with Crippen LogP contribution in [0.1, 0.15) is 29.0 Å². The van der Waals surface area contributed by atoms with Crippen LogP contribution in [0.2, 0.25) is 0 Å². The van der Waals surface area contributed by atoms with Gasteiger partial charge in [-0.1, -0.05) is 194 Å². The van der Waals surface area contributed by atoms with Crippen LogP contribution < -0.4 is 10.6 Å². The summed E-state index contributed by atoms with van der Waals surface area (Å²) >= 11 is 0. The summed E-state index contributed by atoms with van der Waals surface area (Å²) in [6.07, 6.45) is -0.364. The minimum Gasteiger partial charge on any atom is -0.350 e. The number of hydrogen-bond acceptors (Lipinski definition) is 3. The average molecular weight is 757 g/mol. The van der Waals surface area contributed by atoms with E-state index < -0.39 is 0 Å². The first-order valence-electron chi connectivity index (χ1n) is 20.3. The molecular formula is C55H40N4. The number of nitrogens with one attached hydrogen (secondary N) is 2. The molecule has 4 heteroatoms. The summed E-state index contributed by atoms with van der Waals surface area (Å²) in [5.41, 5.74) is 14.1. The normalized spacial score (nSPS) is 15.3. The summed E-state index contributed by atoms with van der Waals surface area (Å²) in [6, 6.07) is 78.4. The zero-order chi connectivity index (χ0) is 39.1. The molecule has 0 radical (unpaired) electrons. The van der Waals surface area contributed by atoms with E-state index in [0.29, 0.717) is 0 Å². The molecule has 2 heterocycles. The summed E-state index contributed by atoms with van der Waals surface area (Å²) < 4.78 is 2.38. The Kier molecular flexibility index (Phi) is 8.68. The fourth-order valence-electron chi connectivity index (χ4n) is 8.79. The van der Waals surface area contributed by atoms with Crippen LogP contribution in [0.5, 0.6) is 0 Å². The molecule has 2 unspecified atom stereocenters. The Labute approximate surface area is 343 Å². The summed E-state index contributed by atoms with van der Waals surface area (Å²) in [4.78, 5) is 5.19. The minimum absolute atomic E-state index is 0.157. The van der Waals surface area contributed by atoms with Crippen LogP contribution in [0.3, 0.4) is 0 Å². The molecule has 0 saturated carbocycles. The Morgan fingerprint density at radius 1 is 0.390 bits per heavy atom. The maximum Gasteiger partial charge on any atom is 0.131 e. The van der Waals surface area contributed by atoms with Gasteiger partial charge in [0.2, 0.25) is 0 Å². The smallest absolute Gasteiger partial charge is 0.131 e. The van der Waals surface area contributed by atoms with Crippen molar-refractivity contribution in [3.8, 4) is 39.1 Å². The van der Waals surface area contributed by atoms with E-state index in [2.05, 4.69) is 234 Å². The molecule has 0 saturated heterocycles. The van der Waals surface area contributed by atoms with E-state index in [0.717, 1.165) is 28.2 Å². The Hall–Kier alpha value is -7.53. The molecule has 0 aliphatic carbocycles. The van der Waals surface area contributed by atoms with Crippen molar-refractivity contribution in [3.05, 3.63) is 235 Å². The molecule has 11 rings (SSSR count). The zero-order valence-corrected chi connectivity index (χ0v) is 32.3. The number of para-hydroxylation sites is 2. The number of benzene rings is 9. The van der Waals surface area contributed by atoms with Gasteiger partial charge in [0.25, 0.3) is 0 Å². The Balaban J connectivity index is 0.944. The number of aromatic nitrogens is 1. The number of rotatable bonds is 7. The summed E-state index contributed by atoms with van der Waals surface area (Å²) in [6.45, 7) is 0. The van der Waals surface area contributed by atoms with Crippen molar-refractivity contribution in [1.29, 1.82) is 0 Å². The van der Waals surface area contributed by atoms with E-state index in [-0.39, 0.29) is 12.3 Å². The Morgan fingerprint density at radius 3 is 1.63 bits per heavy atom. The van der Waals surface area contributed by atoms with Gasteiger partial charge in [0.15, 0.2) is 0 Å². The van der Waals surface area contributed by atoms with E-state index in [1.165, 1.54) is 66.0 Å². The number of aliphatic imine (C=N–C) groups is 1. The molecule has 10 aromatic rings. The molecule has 0 bridgehead atoms. The van der Waals surface area contributed by atoms with Crippen molar-refractivity contribution in [2.75, 3.05) is 0 Å². The molecule has 0 spiro atoms. The molecule has 2 atom stereocenters. The fourth-order valence-corrected chi connectivity index (χ4v) is 8.79. The van der Waals surface area contributed by atoms with E-state index in [9.17, 15) is 0 Å². The molecule has 2 N–H and O–H groups in total. The summed E-state index contributed by atoms with van der Waals surface area (Å²) in [5.74, 6) is 0.868. The van der Waals surface area contributed by atoms with Crippen molar-refractivity contribution in [2.24, 2.45) is 4.99 Å². The van der Waals surface area contributed by atoms with Gasteiger partial charge >= 0.3 is 0 Å². The lowest BCUT2D eigenvalue weighted by molar-refractivity contribution is 0.409. The van der Waals surface area contributed by atoms with Gasteiger partial charge in [0, 0.05) is 22.0 Å². The topological polar surface area (TPSA) is 41.4 Å². The quantitative estimate of drug-likeness (QED) is 0.170. The van der Waals surface area contributed by atoms with Gasteiger partial charge in [-0.2, -0.15) is 0 Å². The highest BCUT2D eigenvalue weighted by Gasteiger charge is 2.26. The fraction of sp³-hybridized carbons (Fsp3) is 0.0364. The van der Waals surface area contributed by atoms with Crippen molar-refractivity contribution in [1.82, 2.24) is 15.2 Å². The number of hydrogen-bond donors (Lipinski definition) is 2. The Bertz CT molecular complexity index is 3080. The third-order valence-electron chi connectivity index (χ3n) is 11.7. The molecule has 0 fully saturated rings. The SMILES string of the molecule is c1ccc(-c2ccc(C3=NC(c4ccccc4)NC(c4ccc(-c5c(-c6ccc(-n7c8ccccc8c8ccccc87)cc6)ccc6ccccc56)cc4)N3)cc2)cc1. The van der Waals surface area contributed by atoms with Crippen LogP contribution in [-0.2, 0) is 0 Å². The van der Waals surface area contributed by atoms with E-state index in [1.807, 2.05) is 0 Å². The molecule has 1 aliphatic heterocycles. The highest BCUT2D eigenvalue weighted by Crippen LogP contribution is 2.40. The average Bonchev–Trinajstić information content (AvgIpc) is 3.66. The van der Waals surface area contributed by atoms with Crippen molar-refractivity contribution < 1.29 is 0 Å². The zero-order valence-electron chi connectivity index (χ0n) is 32.3. The van der Waals surface area contributed by atoms with Gasteiger partial charge < -0.3 is 9.88 Å². The molecule has 1 aliphatic rings. The van der Waals surface area contributed by atoms with Crippen molar-refractivity contribution in [3.63, 3.8) is 0 Å². The predicted molar refractivity (Wildman–Crippen MR) is 246 cm³/mol. The van der Waals surface area contributed by atoms with Crippen LogP contribution >= 0.6 is 0 Å². The molecule has 0 amide bonds. The van der Waals surface area contributed by atoms with E-state index >= 15 is 0 Å². The number of fused-ring (bicyclic) bond motifs is 4. The van der Waals surface area contributed by atoms with Crippen LogP contribution in [0.25, 0.3) is 71.6 Å². The summed E-state index contributed by atoms with van der Waals surface area (Å²) in [7, 11) is 0. The highest BCUT2D eigenvalue weighted by molar-refractivity contribution is 6.09. The maximum absolute atomic E-state index is 5.19. The number of amidine groups is 1. The van der Waals surface area contributed by atoms with Crippen LogP contribution in [0, 0.1) is 0 Å². The number of nitrogens with zero attached hydrogens (tertiary/aromatic N) is 2. The van der Waals surface area contributed by atoms with Gasteiger partial charge in [-0.3, -0.25) is 5.32 Å². The molecule has 9 aromatic carbocycles. The molecule has 59 heavy (non-hydrogen) atoms. The summed E-state index contributed by atoms with van der Waals surface area (Å²) in [5, 5.41) is 12.5. The Morgan fingerprint density at radius 2 is 0.932 bits per heavy atom. The van der Waals surface area contributed by atoms with Gasteiger partial charge in [0.05, 0.1) is 11.0 Å². The van der Waals surface area contributed by atoms with E-state index in [4.69, 9.17) is 4.99 Å². The second kappa shape index (κ2) is 14.8. The minimum atomic E-state index is -0.207. The van der Waals surface area contributed by atoms with Gasteiger partial charge in [-0.15, -0.1) is 0 Å². The third kappa shape index (κ3) is 6.37. The lowest BCUT2D eigenvalue weighted by Gasteiger charge is -2.32. The van der Waals surface area contributed by atoms with Crippen molar-refractivity contribution in [2.45, 2.75) is 12.3 Å². The monoisotopic (exact) mass is 756 g/mol. The third-order valence-corrected chi connectivity index (χ3v) is 11.7. The van der Waals surface area contributed by atoms with Gasteiger partial charge in [-0.05, 0) is 79.5 Å². The first kappa shape index (κ1) is 34.7. The van der Waals surface area contributed by atoms with Crippen molar-refractivity contribution >= 4 is 38.4 Å². The molecular weight excluding hydrogens is 717 g/mol. The molecule has 280 valence electrons. The van der Waals surface area contributed by atoms with Gasteiger partial charge in [0.1, 0.15) is 18.2 Å². The largest absolute Gasteiger partial charge is 0.350 e. The first-order chi connectivity index (χ1) is 29.2. The molecule has 1 aromatic heterocycles. The van der Waals surface area contributed by atoms with Crippen LogP contribution in [0.4, 0.5) is 0 Å². The van der Waals surface area contributed by atoms with Crippen LogP contribution in [0.15, 0.2) is 223 Å². The molecule has 4 nitrogen and oxygen atoms in total. The van der Waals surface area contributed by atoms with Crippen LogP contribution in [-0.4, -0.2) is 10.4 Å². The lowest BCUT2D eigenvalue weighted by atomic mass is 9.89. The van der Waals surface area contributed by atoms with E-state index in [1.54, 1.807) is 0 Å². The lowest BCUT2D eigenvalue weighted by Crippen LogP contribution is -2.44. The predicted octanol–water partition coefficient (Wildman–Crippen LogP) is 13.3. The second-order valence-corrected chi connectivity index (χ2v) is 15.2. The highest BCUT2D eigenvalue weighted by atomic mass is 15.3. The maximum atomic E-state index is 5.19. The second-order valence-electron chi connectivity index (χ2n) is 15.2. The standard InChI is InChI=1S/C55H40N4/c1-3-13-37(14-4-1)38-23-27-43(28-24-38)54-56-53(42-16-5-2-6-17-42)57-55(58-54)44-29-25-41(26-30-44)52-46-18-8-7-15-39(46)33-36-47(52)40-31-34-45(35-32-40)59-50-21-11-9-19-48(50)49-20-10-12-22-51(49)59/h1-36,53,55,57H,(H,56,58). The first-order valence-corrected chi connectivity index (χ1v) is 20.3.